The number of amides is 2. The van der Waals surface area contributed by atoms with Crippen LogP contribution in [0.4, 0.5) is 5.69 Å². The van der Waals surface area contributed by atoms with Gasteiger partial charge in [0.05, 0.1) is 12.7 Å². The van der Waals surface area contributed by atoms with Crippen molar-refractivity contribution in [1.29, 1.82) is 0 Å². The van der Waals surface area contributed by atoms with E-state index < -0.39 is 5.97 Å². The Labute approximate surface area is 139 Å². The highest BCUT2D eigenvalue weighted by Gasteiger charge is 2.09. The highest BCUT2D eigenvalue weighted by atomic mass is 16.5. The minimum Gasteiger partial charge on any atom is -0.465 e. The SMILES string of the molecule is COC(=O)c1cccc(NC(=O)CCNC(=O)c2ccccc2)c1. The van der Waals surface area contributed by atoms with E-state index in [4.69, 9.17) is 0 Å². The van der Waals surface area contributed by atoms with Crippen LogP contribution in [0.15, 0.2) is 54.6 Å². The number of hydrogen-bond donors (Lipinski definition) is 2. The molecule has 2 amide bonds. The lowest BCUT2D eigenvalue weighted by Gasteiger charge is -2.08. The van der Waals surface area contributed by atoms with Crippen LogP contribution in [0.2, 0.25) is 0 Å². The number of ether oxygens (including phenoxy) is 1. The highest BCUT2D eigenvalue weighted by Crippen LogP contribution is 2.11. The predicted octanol–water partition coefficient (Wildman–Crippen LogP) is 2.23. The molecule has 0 aliphatic rings. The molecule has 124 valence electrons. The van der Waals surface area contributed by atoms with Gasteiger partial charge in [-0.05, 0) is 30.3 Å². The first-order chi connectivity index (χ1) is 11.6. The van der Waals surface area contributed by atoms with E-state index in [2.05, 4.69) is 15.4 Å². The van der Waals surface area contributed by atoms with E-state index in [0.717, 1.165) is 0 Å². The second-order valence-electron chi connectivity index (χ2n) is 4.99. The van der Waals surface area contributed by atoms with Crippen LogP contribution in [0.3, 0.4) is 0 Å². The summed E-state index contributed by atoms with van der Waals surface area (Å²) in [7, 11) is 1.29. The van der Waals surface area contributed by atoms with Crippen LogP contribution in [0.25, 0.3) is 0 Å². The minimum atomic E-state index is -0.471. The molecule has 0 unspecified atom stereocenters. The van der Waals surface area contributed by atoms with E-state index in [-0.39, 0.29) is 24.8 Å². The number of methoxy groups -OCH3 is 1. The molecule has 2 aromatic rings. The number of esters is 1. The molecule has 0 atom stereocenters. The fourth-order valence-corrected chi connectivity index (χ4v) is 2.05. The monoisotopic (exact) mass is 326 g/mol. The molecule has 0 saturated heterocycles. The van der Waals surface area contributed by atoms with Crippen molar-refractivity contribution >= 4 is 23.5 Å². The van der Waals surface area contributed by atoms with Gasteiger partial charge in [0.1, 0.15) is 0 Å². The number of anilines is 1. The first-order valence-corrected chi connectivity index (χ1v) is 7.41. The van der Waals surface area contributed by atoms with Crippen molar-refractivity contribution in [2.45, 2.75) is 6.42 Å². The van der Waals surface area contributed by atoms with E-state index >= 15 is 0 Å². The van der Waals surface area contributed by atoms with Crippen LogP contribution in [0.1, 0.15) is 27.1 Å². The predicted molar refractivity (Wildman–Crippen MR) is 89.8 cm³/mol. The average molecular weight is 326 g/mol. The molecule has 0 radical (unpaired) electrons. The van der Waals surface area contributed by atoms with E-state index in [0.29, 0.717) is 16.8 Å². The van der Waals surface area contributed by atoms with Gasteiger partial charge in [-0.15, -0.1) is 0 Å². The summed E-state index contributed by atoms with van der Waals surface area (Å²) in [4.78, 5) is 35.2. The number of hydrogen-bond acceptors (Lipinski definition) is 4. The summed E-state index contributed by atoms with van der Waals surface area (Å²) in [6.07, 6.45) is 0.126. The topological polar surface area (TPSA) is 84.5 Å². The van der Waals surface area contributed by atoms with Crippen molar-refractivity contribution in [1.82, 2.24) is 5.32 Å². The molecule has 0 heterocycles. The first kappa shape index (κ1) is 17.2. The molecule has 24 heavy (non-hydrogen) atoms. The molecule has 0 aliphatic carbocycles. The molecule has 2 rings (SSSR count). The highest BCUT2D eigenvalue weighted by molar-refractivity contribution is 5.96. The van der Waals surface area contributed by atoms with Crippen molar-refractivity contribution in [3.05, 3.63) is 65.7 Å². The molecule has 2 N–H and O–H groups in total. The molecule has 0 bridgehead atoms. The van der Waals surface area contributed by atoms with Crippen LogP contribution in [0.5, 0.6) is 0 Å². The third kappa shape index (κ3) is 4.95. The molecule has 0 fully saturated rings. The Hall–Kier alpha value is -3.15. The number of nitrogens with one attached hydrogen (secondary N) is 2. The molecule has 6 nitrogen and oxygen atoms in total. The van der Waals surface area contributed by atoms with Crippen LogP contribution >= 0.6 is 0 Å². The summed E-state index contributed by atoms with van der Waals surface area (Å²) in [5, 5.41) is 5.36. The third-order valence-electron chi connectivity index (χ3n) is 3.24. The lowest BCUT2D eigenvalue weighted by molar-refractivity contribution is -0.116. The average Bonchev–Trinajstić information content (AvgIpc) is 2.61. The Kier molecular flexibility index (Phi) is 6.08. The Balaban J connectivity index is 1.81. The van der Waals surface area contributed by atoms with Gasteiger partial charge in [0.15, 0.2) is 0 Å². The van der Waals surface area contributed by atoms with E-state index in [1.807, 2.05) is 6.07 Å². The van der Waals surface area contributed by atoms with Crippen molar-refractivity contribution < 1.29 is 19.1 Å². The molecule has 0 aliphatic heterocycles. The Morgan fingerprint density at radius 2 is 1.67 bits per heavy atom. The van der Waals surface area contributed by atoms with Crippen LogP contribution in [0, 0.1) is 0 Å². The zero-order valence-corrected chi connectivity index (χ0v) is 13.2. The van der Waals surface area contributed by atoms with Crippen molar-refractivity contribution in [3.63, 3.8) is 0 Å². The maximum absolute atomic E-state index is 11.9. The van der Waals surface area contributed by atoms with E-state index in [1.54, 1.807) is 42.5 Å². The van der Waals surface area contributed by atoms with Crippen LogP contribution in [-0.2, 0) is 9.53 Å². The second-order valence-corrected chi connectivity index (χ2v) is 4.99. The van der Waals surface area contributed by atoms with Gasteiger partial charge in [-0.25, -0.2) is 4.79 Å². The summed E-state index contributed by atoms with van der Waals surface area (Å²) >= 11 is 0. The normalized spacial score (nSPS) is 9.88. The molecule has 0 aromatic heterocycles. The third-order valence-corrected chi connectivity index (χ3v) is 3.24. The van der Waals surface area contributed by atoms with Crippen molar-refractivity contribution in [3.8, 4) is 0 Å². The Morgan fingerprint density at radius 1 is 0.958 bits per heavy atom. The summed E-state index contributed by atoms with van der Waals surface area (Å²) in [5.41, 5.74) is 1.40. The van der Waals surface area contributed by atoms with Crippen molar-refractivity contribution in [2.75, 3.05) is 19.0 Å². The molecule has 0 spiro atoms. The Morgan fingerprint density at radius 3 is 2.38 bits per heavy atom. The zero-order chi connectivity index (χ0) is 17.4. The smallest absolute Gasteiger partial charge is 0.337 e. The van der Waals surface area contributed by atoms with Gasteiger partial charge in [0.2, 0.25) is 5.91 Å². The maximum Gasteiger partial charge on any atom is 0.337 e. The van der Waals surface area contributed by atoms with Gasteiger partial charge in [0.25, 0.3) is 5.91 Å². The van der Waals surface area contributed by atoms with Crippen LogP contribution < -0.4 is 10.6 Å². The van der Waals surface area contributed by atoms with E-state index in [9.17, 15) is 14.4 Å². The maximum atomic E-state index is 11.9. The van der Waals surface area contributed by atoms with Gasteiger partial charge in [-0.2, -0.15) is 0 Å². The zero-order valence-electron chi connectivity index (χ0n) is 13.2. The van der Waals surface area contributed by atoms with Crippen LogP contribution in [-0.4, -0.2) is 31.4 Å². The first-order valence-electron chi connectivity index (χ1n) is 7.41. The number of carbonyl (C=O) groups is 3. The van der Waals surface area contributed by atoms with Gasteiger partial charge in [-0.3, -0.25) is 9.59 Å². The Bertz CT molecular complexity index is 729. The van der Waals surface area contributed by atoms with Gasteiger partial charge in [-0.1, -0.05) is 24.3 Å². The fraction of sp³-hybridized carbons (Fsp3) is 0.167. The summed E-state index contributed by atoms with van der Waals surface area (Å²) in [5.74, 6) is -0.956. The molecule has 2 aromatic carbocycles. The van der Waals surface area contributed by atoms with Gasteiger partial charge >= 0.3 is 5.97 Å². The summed E-state index contributed by atoms with van der Waals surface area (Å²) in [6.45, 7) is 0.219. The molecular formula is C18H18N2O4. The molecular weight excluding hydrogens is 308 g/mol. The van der Waals surface area contributed by atoms with Gasteiger partial charge < -0.3 is 15.4 Å². The van der Waals surface area contributed by atoms with Gasteiger partial charge in [0, 0.05) is 24.2 Å². The number of rotatable bonds is 6. The molecule has 0 saturated carbocycles. The standard InChI is InChI=1S/C18H18N2O4/c1-24-18(23)14-8-5-9-15(12-14)20-16(21)10-11-19-17(22)13-6-3-2-4-7-13/h2-9,12H,10-11H2,1H3,(H,19,22)(H,20,21). The minimum absolute atomic E-state index is 0.126. The largest absolute Gasteiger partial charge is 0.465 e. The summed E-state index contributed by atoms with van der Waals surface area (Å²) < 4.78 is 4.63. The lowest BCUT2D eigenvalue weighted by atomic mass is 10.2. The summed E-state index contributed by atoms with van der Waals surface area (Å²) in [6, 6.07) is 15.2. The lowest BCUT2D eigenvalue weighted by Crippen LogP contribution is -2.27. The fourth-order valence-electron chi connectivity index (χ4n) is 2.05. The quantitative estimate of drug-likeness (QED) is 0.797. The second kappa shape index (κ2) is 8.47. The number of benzene rings is 2. The number of carbonyl (C=O) groups excluding carboxylic acids is 3. The molecule has 6 heteroatoms. The van der Waals surface area contributed by atoms with Crippen molar-refractivity contribution in [2.24, 2.45) is 0 Å². The van der Waals surface area contributed by atoms with E-state index in [1.165, 1.54) is 13.2 Å².